The quantitative estimate of drug-likeness (QED) is 0.690. The summed E-state index contributed by atoms with van der Waals surface area (Å²) in [7, 11) is 2.07. The maximum Gasteiger partial charge on any atom is 0.285 e. The van der Waals surface area contributed by atoms with Crippen LogP contribution in [0.15, 0.2) is 42.5 Å². The van der Waals surface area contributed by atoms with Crippen molar-refractivity contribution in [1.29, 1.82) is 0 Å². The number of piperazine rings is 1. The van der Waals surface area contributed by atoms with Gasteiger partial charge in [-0.05, 0) is 44.5 Å². The number of ether oxygens (including phenoxy) is 1. The Morgan fingerprint density at radius 1 is 1.16 bits per heavy atom. The maximum atomic E-state index is 13.6. The number of likely N-dealkylation sites (N-methyl/N-ethyl adjacent to an activating group) is 1. The van der Waals surface area contributed by atoms with Gasteiger partial charge in [0.2, 0.25) is 5.91 Å². The predicted molar refractivity (Wildman–Crippen MR) is 123 cm³/mol. The Balaban J connectivity index is 1.51. The normalized spacial score (nSPS) is 20.8. The lowest BCUT2D eigenvalue weighted by Gasteiger charge is -2.42. The summed E-state index contributed by atoms with van der Waals surface area (Å²) in [6.07, 6.45) is 2.05. The Labute approximate surface area is 189 Å². The molecule has 2 N–H and O–H groups in total. The minimum Gasteiger partial charge on any atom is -0.376 e. The molecule has 2 amide bonds. The zero-order valence-corrected chi connectivity index (χ0v) is 18.9. The van der Waals surface area contributed by atoms with Gasteiger partial charge in [-0.1, -0.05) is 30.3 Å². The van der Waals surface area contributed by atoms with Gasteiger partial charge in [-0.2, -0.15) is 0 Å². The van der Waals surface area contributed by atoms with E-state index in [1.165, 1.54) is 0 Å². The van der Waals surface area contributed by atoms with Crippen LogP contribution in [0.25, 0.3) is 11.3 Å². The van der Waals surface area contributed by atoms with Crippen molar-refractivity contribution in [3.8, 4) is 11.3 Å². The van der Waals surface area contributed by atoms with Crippen molar-refractivity contribution >= 4 is 11.8 Å². The molecule has 2 unspecified atom stereocenters. The van der Waals surface area contributed by atoms with Crippen LogP contribution < -0.4 is 5.32 Å². The summed E-state index contributed by atoms with van der Waals surface area (Å²) in [6.45, 7) is 6.09. The van der Waals surface area contributed by atoms with E-state index in [0.29, 0.717) is 25.3 Å². The first-order chi connectivity index (χ1) is 15.5. The largest absolute Gasteiger partial charge is 0.376 e. The Hall–Kier alpha value is -2.68. The van der Waals surface area contributed by atoms with Crippen LogP contribution in [0.2, 0.25) is 0 Å². The van der Waals surface area contributed by atoms with Gasteiger partial charge in [0.25, 0.3) is 5.91 Å². The molecule has 2 aromatic rings. The summed E-state index contributed by atoms with van der Waals surface area (Å²) in [5.41, 5.74) is 2.37. The molecule has 3 heterocycles. The van der Waals surface area contributed by atoms with Gasteiger partial charge in [0.05, 0.1) is 6.10 Å². The van der Waals surface area contributed by atoms with Crippen molar-refractivity contribution < 1.29 is 14.3 Å². The monoisotopic (exact) mass is 439 g/mol. The predicted octanol–water partition coefficient (Wildman–Crippen LogP) is 1.97. The summed E-state index contributed by atoms with van der Waals surface area (Å²) in [6, 6.07) is 13.0. The topological polar surface area (TPSA) is 80.9 Å². The molecule has 172 valence electrons. The van der Waals surface area contributed by atoms with Gasteiger partial charge in [-0.15, -0.1) is 0 Å². The molecule has 8 nitrogen and oxygen atoms in total. The minimum absolute atomic E-state index is 0.0655. The van der Waals surface area contributed by atoms with E-state index in [2.05, 4.69) is 22.2 Å². The van der Waals surface area contributed by atoms with Crippen molar-refractivity contribution in [1.82, 2.24) is 25.2 Å². The molecular weight excluding hydrogens is 406 g/mol. The highest BCUT2D eigenvalue weighted by Gasteiger charge is 2.34. The minimum atomic E-state index is -0.629. The summed E-state index contributed by atoms with van der Waals surface area (Å²) in [5.74, 6) is -0.362. The van der Waals surface area contributed by atoms with Crippen molar-refractivity contribution in [2.24, 2.45) is 0 Å². The molecule has 1 aromatic carbocycles. The molecule has 0 saturated carbocycles. The maximum absolute atomic E-state index is 13.6. The molecule has 32 heavy (non-hydrogen) atoms. The molecular formula is C24H33N5O3. The number of hydrazine groups is 1. The van der Waals surface area contributed by atoms with Crippen molar-refractivity contribution in [2.45, 2.75) is 31.9 Å². The first kappa shape index (κ1) is 22.5. The first-order valence-corrected chi connectivity index (χ1v) is 11.4. The molecule has 2 fully saturated rings. The molecule has 4 rings (SSSR count). The van der Waals surface area contributed by atoms with Crippen LogP contribution in [-0.4, -0.2) is 90.2 Å². The average molecular weight is 440 g/mol. The number of aromatic nitrogens is 1. The fraction of sp³-hybridized carbons (Fsp3) is 0.500. The van der Waals surface area contributed by atoms with Gasteiger partial charge < -0.3 is 19.9 Å². The second-order valence-corrected chi connectivity index (χ2v) is 8.61. The smallest absolute Gasteiger partial charge is 0.285 e. The fourth-order valence-corrected chi connectivity index (χ4v) is 4.27. The van der Waals surface area contributed by atoms with E-state index in [9.17, 15) is 9.59 Å². The van der Waals surface area contributed by atoms with E-state index in [4.69, 9.17) is 4.74 Å². The molecule has 2 aliphatic heterocycles. The van der Waals surface area contributed by atoms with E-state index in [-0.39, 0.29) is 17.9 Å². The lowest BCUT2D eigenvalue weighted by Crippen LogP contribution is -2.60. The third kappa shape index (κ3) is 5.20. The van der Waals surface area contributed by atoms with Gasteiger partial charge in [0, 0.05) is 45.0 Å². The molecule has 0 spiro atoms. The number of carbonyl (C=O) groups is 2. The highest BCUT2D eigenvalue weighted by atomic mass is 16.5. The lowest BCUT2D eigenvalue weighted by atomic mass is 10.2. The fourth-order valence-electron chi connectivity index (χ4n) is 4.27. The van der Waals surface area contributed by atoms with E-state index in [1.54, 1.807) is 18.0 Å². The molecule has 8 heteroatoms. The number of rotatable bonds is 7. The Morgan fingerprint density at radius 3 is 2.59 bits per heavy atom. The van der Waals surface area contributed by atoms with Crippen molar-refractivity contribution in [3.05, 3.63) is 48.2 Å². The molecule has 0 aliphatic carbocycles. The number of nitrogens with one attached hydrogen (secondary N) is 2. The van der Waals surface area contributed by atoms with Crippen LogP contribution in [0.3, 0.4) is 0 Å². The van der Waals surface area contributed by atoms with Crippen LogP contribution in [0.1, 0.15) is 30.3 Å². The van der Waals surface area contributed by atoms with Gasteiger partial charge in [-0.25, -0.2) is 5.01 Å². The summed E-state index contributed by atoms with van der Waals surface area (Å²) < 4.78 is 5.62. The third-order valence-electron chi connectivity index (χ3n) is 6.27. The number of nitrogens with zero attached hydrogens (tertiary/aromatic N) is 3. The summed E-state index contributed by atoms with van der Waals surface area (Å²) >= 11 is 0. The van der Waals surface area contributed by atoms with Crippen LogP contribution in [0.5, 0.6) is 0 Å². The van der Waals surface area contributed by atoms with Gasteiger partial charge >= 0.3 is 0 Å². The lowest BCUT2D eigenvalue weighted by molar-refractivity contribution is -0.133. The number of benzene rings is 1. The van der Waals surface area contributed by atoms with E-state index in [0.717, 1.165) is 43.8 Å². The first-order valence-electron chi connectivity index (χ1n) is 11.4. The Morgan fingerprint density at radius 2 is 1.91 bits per heavy atom. The zero-order chi connectivity index (χ0) is 22.5. The number of hydrogen-bond acceptors (Lipinski definition) is 5. The van der Waals surface area contributed by atoms with Gasteiger partial charge in [0.1, 0.15) is 11.7 Å². The Bertz CT molecular complexity index is 901. The highest BCUT2D eigenvalue weighted by molar-refractivity contribution is 5.96. The number of carbonyl (C=O) groups excluding carboxylic acids is 2. The SMILES string of the molecule is CC(C(=O)NCC1CCCO1)N(C(=O)c1ccc(-c2ccccc2)[nH]1)N1CCN(C)CC1. The zero-order valence-electron chi connectivity index (χ0n) is 18.9. The van der Waals surface area contributed by atoms with E-state index < -0.39 is 6.04 Å². The van der Waals surface area contributed by atoms with Gasteiger partial charge in [-0.3, -0.25) is 14.6 Å². The van der Waals surface area contributed by atoms with Gasteiger partial charge in [0.15, 0.2) is 0 Å². The summed E-state index contributed by atoms with van der Waals surface area (Å²) in [5, 5.41) is 6.61. The molecule has 0 radical (unpaired) electrons. The van der Waals surface area contributed by atoms with Crippen LogP contribution in [0, 0.1) is 0 Å². The summed E-state index contributed by atoms with van der Waals surface area (Å²) in [4.78, 5) is 32.1. The number of hydrogen-bond donors (Lipinski definition) is 2. The van der Waals surface area contributed by atoms with Crippen LogP contribution in [0.4, 0.5) is 0 Å². The van der Waals surface area contributed by atoms with Crippen LogP contribution in [-0.2, 0) is 9.53 Å². The highest BCUT2D eigenvalue weighted by Crippen LogP contribution is 2.21. The third-order valence-corrected chi connectivity index (χ3v) is 6.27. The van der Waals surface area contributed by atoms with Crippen molar-refractivity contribution in [3.63, 3.8) is 0 Å². The molecule has 2 aliphatic rings. The molecule has 2 saturated heterocycles. The molecule has 1 aromatic heterocycles. The molecule has 0 bridgehead atoms. The van der Waals surface area contributed by atoms with E-state index >= 15 is 0 Å². The Kier molecular flexibility index (Phi) is 7.24. The standard InChI is InChI=1S/C24H33N5O3/c1-18(23(30)25-17-20-9-6-16-32-20)29(28-14-12-27(2)13-15-28)24(31)22-11-10-21(26-22)19-7-4-3-5-8-19/h3-5,7-8,10-11,18,20,26H,6,9,12-17H2,1-2H3,(H,25,30). The van der Waals surface area contributed by atoms with Crippen molar-refractivity contribution in [2.75, 3.05) is 46.4 Å². The second kappa shape index (κ2) is 10.3. The average Bonchev–Trinajstić information content (AvgIpc) is 3.52. The number of aromatic amines is 1. The molecule has 2 atom stereocenters. The number of amides is 2. The van der Waals surface area contributed by atoms with E-state index in [1.807, 2.05) is 41.4 Å². The van der Waals surface area contributed by atoms with Crippen LogP contribution >= 0.6 is 0 Å². The number of H-pyrrole nitrogens is 1. The second-order valence-electron chi connectivity index (χ2n) is 8.61.